The van der Waals surface area contributed by atoms with Gasteiger partial charge >= 0.3 is 0 Å². The molecule has 0 atom stereocenters. The van der Waals surface area contributed by atoms with Gasteiger partial charge in [0.15, 0.2) is 5.84 Å². The monoisotopic (exact) mass is 353 g/mol. The van der Waals surface area contributed by atoms with Crippen LogP contribution in [0.15, 0.2) is 39.3 Å². The van der Waals surface area contributed by atoms with E-state index in [1.54, 1.807) is 24.3 Å². The van der Waals surface area contributed by atoms with E-state index in [4.69, 9.17) is 10.9 Å². The number of benzene rings is 1. The van der Waals surface area contributed by atoms with Crippen LogP contribution in [0.25, 0.3) is 0 Å². The molecule has 0 radical (unpaired) electrons. The first-order valence-corrected chi connectivity index (χ1v) is 7.28. The number of carbonyl (C=O) groups is 1. The maximum atomic E-state index is 12.1. The topological polar surface area (TPSA) is 87.7 Å². The lowest BCUT2D eigenvalue weighted by molar-refractivity contribution is 0.103. The van der Waals surface area contributed by atoms with Crippen molar-refractivity contribution in [3.63, 3.8) is 0 Å². The molecule has 0 bridgehead atoms. The number of carbonyl (C=O) groups excluding carboxylic acids is 1. The lowest BCUT2D eigenvalue weighted by Gasteiger charge is -2.11. The molecule has 0 saturated heterocycles. The molecule has 104 valence electrons. The van der Waals surface area contributed by atoms with Crippen molar-refractivity contribution in [2.75, 3.05) is 5.32 Å². The standard InChI is InChI=1S/C13H12BrN3O2S/c1-7-3-2-4-8(11(7)12(15)17-19)16-13(18)9-5-6-10(14)20-9/h2-6,19H,1H3,(H2,15,17)(H,16,18). The van der Waals surface area contributed by atoms with Gasteiger partial charge in [-0.3, -0.25) is 4.79 Å². The fourth-order valence-electron chi connectivity index (χ4n) is 1.78. The summed E-state index contributed by atoms with van der Waals surface area (Å²) in [6, 6.07) is 8.86. The second-order valence-corrected chi connectivity index (χ2v) is 6.50. The number of aryl methyl sites for hydroxylation is 1. The lowest BCUT2D eigenvalue weighted by Crippen LogP contribution is -2.20. The van der Waals surface area contributed by atoms with Crippen molar-refractivity contribution < 1.29 is 10.0 Å². The summed E-state index contributed by atoms with van der Waals surface area (Å²) in [5, 5.41) is 14.6. The third-order valence-electron chi connectivity index (χ3n) is 2.68. The van der Waals surface area contributed by atoms with Crippen LogP contribution in [-0.2, 0) is 0 Å². The molecule has 7 heteroatoms. The number of nitrogens with two attached hydrogens (primary N) is 1. The van der Waals surface area contributed by atoms with E-state index in [1.807, 2.05) is 13.0 Å². The molecule has 0 aliphatic heterocycles. The number of amides is 1. The quantitative estimate of drug-likeness (QED) is 0.342. The number of hydrogen-bond acceptors (Lipinski definition) is 4. The molecule has 0 aliphatic rings. The van der Waals surface area contributed by atoms with Crippen LogP contribution in [0.4, 0.5) is 5.69 Å². The molecular formula is C13H12BrN3O2S. The smallest absolute Gasteiger partial charge is 0.265 e. The largest absolute Gasteiger partial charge is 0.409 e. The normalized spacial score (nSPS) is 11.4. The Hall–Kier alpha value is -1.86. The zero-order valence-corrected chi connectivity index (χ0v) is 13.0. The first-order valence-electron chi connectivity index (χ1n) is 5.67. The number of thiophene rings is 1. The van der Waals surface area contributed by atoms with Crippen molar-refractivity contribution in [1.29, 1.82) is 0 Å². The molecular weight excluding hydrogens is 342 g/mol. The van der Waals surface area contributed by atoms with Crippen molar-refractivity contribution >= 4 is 44.7 Å². The average molecular weight is 354 g/mol. The molecule has 20 heavy (non-hydrogen) atoms. The van der Waals surface area contributed by atoms with Gasteiger partial charge in [-0.15, -0.1) is 11.3 Å². The van der Waals surface area contributed by atoms with Gasteiger partial charge in [0.2, 0.25) is 0 Å². The van der Waals surface area contributed by atoms with E-state index in [2.05, 4.69) is 26.4 Å². The van der Waals surface area contributed by atoms with Crippen molar-refractivity contribution in [2.45, 2.75) is 6.92 Å². The number of anilines is 1. The van der Waals surface area contributed by atoms with Crippen LogP contribution >= 0.6 is 27.3 Å². The van der Waals surface area contributed by atoms with Crippen molar-refractivity contribution in [3.05, 3.63) is 50.1 Å². The Morgan fingerprint density at radius 1 is 1.40 bits per heavy atom. The predicted octanol–water partition coefficient (Wildman–Crippen LogP) is 3.17. The Bertz CT molecular complexity index is 682. The summed E-state index contributed by atoms with van der Waals surface area (Å²) in [4.78, 5) is 12.7. The van der Waals surface area contributed by atoms with Crippen LogP contribution in [-0.4, -0.2) is 17.0 Å². The van der Waals surface area contributed by atoms with Crippen LogP contribution in [0.3, 0.4) is 0 Å². The van der Waals surface area contributed by atoms with Crippen LogP contribution in [0, 0.1) is 6.92 Å². The van der Waals surface area contributed by atoms with Gasteiger partial charge in [-0.25, -0.2) is 0 Å². The molecule has 4 N–H and O–H groups in total. The highest BCUT2D eigenvalue weighted by atomic mass is 79.9. The number of hydrogen-bond donors (Lipinski definition) is 3. The number of oxime groups is 1. The highest BCUT2D eigenvalue weighted by Gasteiger charge is 2.14. The molecule has 1 heterocycles. The summed E-state index contributed by atoms with van der Waals surface area (Å²) < 4.78 is 0.878. The second kappa shape index (κ2) is 6.06. The van der Waals surface area contributed by atoms with Crippen molar-refractivity contribution in [1.82, 2.24) is 0 Å². The Morgan fingerprint density at radius 3 is 2.75 bits per heavy atom. The summed E-state index contributed by atoms with van der Waals surface area (Å²) in [7, 11) is 0. The van der Waals surface area contributed by atoms with Crippen LogP contribution in [0.5, 0.6) is 0 Å². The predicted molar refractivity (Wildman–Crippen MR) is 83.7 cm³/mol. The summed E-state index contributed by atoms with van der Waals surface area (Å²) >= 11 is 4.65. The number of halogens is 1. The molecule has 1 aromatic carbocycles. The third-order valence-corrected chi connectivity index (χ3v) is 4.30. The molecule has 1 aromatic heterocycles. The third kappa shape index (κ3) is 3.00. The fraction of sp³-hybridized carbons (Fsp3) is 0.0769. The minimum atomic E-state index is -0.238. The van der Waals surface area contributed by atoms with Gasteiger partial charge in [-0.1, -0.05) is 17.3 Å². The minimum absolute atomic E-state index is 0.0363. The number of rotatable bonds is 3. The fourth-order valence-corrected chi connectivity index (χ4v) is 3.06. The molecule has 0 spiro atoms. The molecule has 0 unspecified atom stereocenters. The van der Waals surface area contributed by atoms with Crippen molar-refractivity contribution in [2.24, 2.45) is 10.9 Å². The average Bonchev–Trinajstić information content (AvgIpc) is 2.85. The summed E-state index contributed by atoms with van der Waals surface area (Å²) in [6.07, 6.45) is 0. The molecule has 0 saturated carbocycles. The van der Waals surface area contributed by atoms with E-state index in [-0.39, 0.29) is 11.7 Å². The van der Waals surface area contributed by atoms with E-state index >= 15 is 0 Å². The zero-order valence-electron chi connectivity index (χ0n) is 10.6. The van der Waals surface area contributed by atoms with Gasteiger partial charge < -0.3 is 16.3 Å². The molecule has 2 rings (SSSR count). The van der Waals surface area contributed by atoms with E-state index < -0.39 is 0 Å². The highest BCUT2D eigenvalue weighted by molar-refractivity contribution is 9.11. The lowest BCUT2D eigenvalue weighted by atomic mass is 10.1. The molecule has 0 aliphatic carbocycles. The Labute approximate surface area is 128 Å². The Kier molecular flexibility index (Phi) is 4.41. The van der Waals surface area contributed by atoms with Gasteiger partial charge in [0, 0.05) is 5.56 Å². The number of nitrogens with zero attached hydrogens (tertiary/aromatic N) is 1. The molecule has 1 amide bonds. The van der Waals surface area contributed by atoms with Crippen LogP contribution < -0.4 is 11.1 Å². The van der Waals surface area contributed by atoms with Crippen LogP contribution in [0.1, 0.15) is 20.8 Å². The van der Waals surface area contributed by atoms with Gasteiger partial charge in [0.25, 0.3) is 5.91 Å². The van der Waals surface area contributed by atoms with E-state index in [0.29, 0.717) is 16.1 Å². The van der Waals surface area contributed by atoms with Gasteiger partial charge in [-0.2, -0.15) is 0 Å². The number of amidine groups is 1. The minimum Gasteiger partial charge on any atom is -0.409 e. The Morgan fingerprint density at radius 2 is 2.15 bits per heavy atom. The maximum Gasteiger partial charge on any atom is 0.265 e. The summed E-state index contributed by atoms with van der Waals surface area (Å²) in [6.45, 7) is 1.82. The highest BCUT2D eigenvalue weighted by Crippen LogP contribution is 2.24. The molecule has 5 nitrogen and oxygen atoms in total. The van der Waals surface area contributed by atoms with E-state index in [9.17, 15) is 4.79 Å². The summed E-state index contributed by atoms with van der Waals surface area (Å²) in [5.74, 6) is -0.274. The molecule has 0 fully saturated rings. The zero-order chi connectivity index (χ0) is 14.7. The first kappa shape index (κ1) is 14.5. The second-order valence-electron chi connectivity index (χ2n) is 4.04. The van der Waals surface area contributed by atoms with Gasteiger partial charge in [0.1, 0.15) is 0 Å². The van der Waals surface area contributed by atoms with E-state index in [0.717, 1.165) is 9.35 Å². The van der Waals surface area contributed by atoms with E-state index in [1.165, 1.54) is 11.3 Å². The maximum absolute atomic E-state index is 12.1. The van der Waals surface area contributed by atoms with Gasteiger partial charge in [-0.05, 0) is 46.6 Å². The summed E-state index contributed by atoms with van der Waals surface area (Å²) in [5.41, 5.74) is 7.49. The molecule has 2 aromatic rings. The first-order chi connectivity index (χ1) is 9.52. The Balaban J connectivity index is 2.34. The van der Waals surface area contributed by atoms with Gasteiger partial charge in [0.05, 0.1) is 14.4 Å². The number of nitrogens with one attached hydrogen (secondary N) is 1. The van der Waals surface area contributed by atoms with Crippen LogP contribution in [0.2, 0.25) is 0 Å². The SMILES string of the molecule is Cc1cccc(NC(=O)c2ccc(Br)s2)c1/C(N)=N/O. The van der Waals surface area contributed by atoms with Crippen molar-refractivity contribution in [3.8, 4) is 0 Å².